The molecule has 0 bridgehead atoms. The summed E-state index contributed by atoms with van der Waals surface area (Å²) in [6.07, 6.45) is 1.44. The van der Waals surface area contributed by atoms with Crippen LogP contribution in [0.4, 0.5) is 8.78 Å². The van der Waals surface area contributed by atoms with Crippen LogP contribution >= 0.6 is 0 Å². The minimum atomic E-state index is -0.986. The highest BCUT2D eigenvalue weighted by molar-refractivity contribution is 6.46. The fourth-order valence-corrected chi connectivity index (χ4v) is 3.50. The smallest absolute Gasteiger partial charge is 0.296 e. The van der Waals surface area contributed by atoms with E-state index >= 15 is 0 Å². The van der Waals surface area contributed by atoms with Crippen molar-refractivity contribution in [1.82, 2.24) is 4.90 Å². The Kier molecular flexibility index (Phi) is 4.95. The molecule has 152 valence electrons. The highest BCUT2D eigenvalue weighted by atomic mass is 19.1. The molecule has 1 fully saturated rings. The van der Waals surface area contributed by atoms with Gasteiger partial charge in [0.15, 0.2) is 0 Å². The van der Waals surface area contributed by atoms with E-state index in [1.807, 2.05) is 0 Å². The third kappa shape index (κ3) is 3.39. The summed E-state index contributed by atoms with van der Waals surface area (Å²) in [7, 11) is 0. The molecule has 1 amide bonds. The number of furan rings is 1. The Labute approximate surface area is 170 Å². The Morgan fingerprint density at radius 2 is 1.83 bits per heavy atom. The van der Waals surface area contributed by atoms with Crippen molar-refractivity contribution in [2.24, 2.45) is 0 Å². The summed E-state index contributed by atoms with van der Waals surface area (Å²) >= 11 is 0. The van der Waals surface area contributed by atoms with E-state index < -0.39 is 35.1 Å². The molecule has 4 rings (SSSR count). The summed E-state index contributed by atoms with van der Waals surface area (Å²) in [5.74, 6) is -2.84. The highest BCUT2D eigenvalue weighted by Gasteiger charge is 2.46. The average molecular weight is 409 g/mol. The first kappa shape index (κ1) is 19.6. The van der Waals surface area contributed by atoms with Gasteiger partial charge in [-0.25, -0.2) is 8.78 Å². The number of nitrogens with zero attached hydrogens (tertiary/aromatic N) is 1. The van der Waals surface area contributed by atoms with Crippen LogP contribution in [-0.2, 0) is 16.1 Å². The third-order valence-corrected chi connectivity index (χ3v) is 5.08. The molecule has 1 aliphatic rings. The number of likely N-dealkylation sites (tertiary alicyclic amines) is 1. The fourth-order valence-electron chi connectivity index (χ4n) is 3.50. The predicted molar refractivity (Wildman–Crippen MR) is 104 cm³/mol. The van der Waals surface area contributed by atoms with Gasteiger partial charge in [0.25, 0.3) is 11.7 Å². The number of aliphatic hydroxyl groups is 1. The number of aliphatic hydroxyl groups excluding tert-OH is 1. The van der Waals surface area contributed by atoms with Gasteiger partial charge in [-0.05, 0) is 48.4 Å². The van der Waals surface area contributed by atoms with Gasteiger partial charge in [0, 0.05) is 5.56 Å². The quantitative estimate of drug-likeness (QED) is 0.392. The van der Waals surface area contributed by atoms with Crippen LogP contribution in [0.2, 0.25) is 0 Å². The molecule has 1 saturated heterocycles. The summed E-state index contributed by atoms with van der Waals surface area (Å²) in [4.78, 5) is 26.9. The van der Waals surface area contributed by atoms with Crippen molar-refractivity contribution < 1.29 is 27.9 Å². The van der Waals surface area contributed by atoms with E-state index in [1.165, 1.54) is 47.6 Å². The number of carbonyl (C=O) groups is 2. The van der Waals surface area contributed by atoms with Crippen LogP contribution in [0, 0.1) is 18.6 Å². The van der Waals surface area contributed by atoms with Crippen LogP contribution in [0.15, 0.2) is 70.9 Å². The van der Waals surface area contributed by atoms with Crippen LogP contribution < -0.4 is 0 Å². The van der Waals surface area contributed by atoms with Crippen molar-refractivity contribution in [2.45, 2.75) is 19.5 Å². The topological polar surface area (TPSA) is 70.8 Å². The van der Waals surface area contributed by atoms with Gasteiger partial charge in [-0.2, -0.15) is 0 Å². The summed E-state index contributed by atoms with van der Waals surface area (Å²) in [5.41, 5.74) is 0.679. The average Bonchev–Trinajstić information content (AvgIpc) is 3.33. The first-order valence-electron chi connectivity index (χ1n) is 9.19. The van der Waals surface area contributed by atoms with Crippen LogP contribution in [0.25, 0.3) is 5.76 Å². The van der Waals surface area contributed by atoms with E-state index in [0.717, 1.165) is 6.07 Å². The minimum absolute atomic E-state index is 0.0291. The lowest BCUT2D eigenvalue weighted by Gasteiger charge is -2.24. The molecule has 1 N–H and O–H groups in total. The normalized spacial score (nSPS) is 18.2. The van der Waals surface area contributed by atoms with E-state index in [0.29, 0.717) is 16.9 Å². The summed E-state index contributed by atoms with van der Waals surface area (Å²) in [5, 5.41) is 10.9. The molecular weight excluding hydrogens is 392 g/mol. The molecule has 30 heavy (non-hydrogen) atoms. The molecule has 1 aliphatic heterocycles. The summed E-state index contributed by atoms with van der Waals surface area (Å²) < 4.78 is 32.8. The highest BCUT2D eigenvalue weighted by Crippen LogP contribution is 2.40. The molecule has 2 heterocycles. The number of halogens is 2. The zero-order chi connectivity index (χ0) is 21.4. The molecule has 0 aliphatic carbocycles. The molecule has 1 aromatic heterocycles. The lowest BCUT2D eigenvalue weighted by Crippen LogP contribution is -2.29. The van der Waals surface area contributed by atoms with Crippen molar-refractivity contribution in [3.63, 3.8) is 0 Å². The maximum atomic E-state index is 14.0. The second-order valence-corrected chi connectivity index (χ2v) is 7.02. The Morgan fingerprint density at radius 3 is 2.47 bits per heavy atom. The van der Waals surface area contributed by atoms with Gasteiger partial charge in [-0.3, -0.25) is 9.59 Å². The van der Waals surface area contributed by atoms with Gasteiger partial charge in [0.1, 0.15) is 23.2 Å². The molecule has 5 nitrogen and oxygen atoms in total. The molecule has 7 heteroatoms. The zero-order valence-corrected chi connectivity index (χ0v) is 15.9. The molecule has 0 unspecified atom stereocenters. The number of aryl methyl sites for hydroxylation is 1. The Bertz CT molecular complexity index is 1150. The predicted octanol–water partition coefficient (Wildman–Crippen LogP) is 4.49. The maximum Gasteiger partial charge on any atom is 0.296 e. The second kappa shape index (κ2) is 7.59. The summed E-state index contributed by atoms with van der Waals surface area (Å²) in [6, 6.07) is 11.6. The van der Waals surface area contributed by atoms with E-state index in [9.17, 15) is 23.5 Å². The minimum Gasteiger partial charge on any atom is -0.507 e. The molecule has 0 radical (unpaired) electrons. The Hall–Kier alpha value is -3.74. The maximum absolute atomic E-state index is 14.0. The lowest BCUT2D eigenvalue weighted by atomic mass is 9.95. The number of benzene rings is 2. The van der Waals surface area contributed by atoms with Crippen molar-refractivity contribution in [2.75, 3.05) is 0 Å². The number of carbonyl (C=O) groups excluding carboxylic acids is 2. The van der Waals surface area contributed by atoms with Gasteiger partial charge >= 0.3 is 0 Å². The fraction of sp³-hybridized carbons (Fsp3) is 0.130. The first-order valence-corrected chi connectivity index (χ1v) is 9.19. The number of amides is 1. The molecular formula is C23H17F2NO4. The number of hydrogen-bond donors (Lipinski definition) is 1. The number of Topliss-reactive ketones (excluding diaryl/α,β-unsaturated/α-hetero) is 1. The van der Waals surface area contributed by atoms with Crippen LogP contribution in [0.3, 0.4) is 0 Å². The first-order chi connectivity index (χ1) is 14.4. The van der Waals surface area contributed by atoms with Crippen LogP contribution in [0.1, 0.15) is 28.5 Å². The van der Waals surface area contributed by atoms with Crippen molar-refractivity contribution in [3.05, 3.63) is 101 Å². The molecule has 2 aromatic carbocycles. The second-order valence-electron chi connectivity index (χ2n) is 7.02. The standard InChI is InChI=1S/C23H17F2NO4/c1-13-4-5-15(11-18(13)25)21(27)19-20(14-6-8-16(24)9-7-14)26(23(29)22(19)28)12-17-3-2-10-30-17/h2-11,20,27H,12H2,1H3/t20-/m0/s1. The SMILES string of the molecule is Cc1ccc(C(O)=C2C(=O)C(=O)N(Cc3ccco3)[C@H]2c2ccc(F)cc2)cc1F. The van der Waals surface area contributed by atoms with E-state index in [-0.39, 0.29) is 17.7 Å². The Morgan fingerprint density at radius 1 is 1.10 bits per heavy atom. The number of ketones is 1. The molecule has 1 atom stereocenters. The van der Waals surface area contributed by atoms with Gasteiger partial charge in [-0.15, -0.1) is 0 Å². The van der Waals surface area contributed by atoms with Crippen molar-refractivity contribution >= 4 is 17.4 Å². The van der Waals surface area contributed by atoms with Crippen LogP contribution in [-0.4, -0.2) is 21.7 Å². The van der Waals surface area contributed by atoms with E-state index in [1.54, 1.807) is 19.1 Å². The molecule has 3 aromatic rings. The van der Waals surface area contributed by atoms with Crippen molar-refractivity contribution in [1.29, 1.82) is 0 Å². The van der Waals surface area contributed by atoms with E-state index in [4.69, 9.17) is 4.42 Å². The lowest BCUT2D eigenvalue weighted by molar-refractivity contribution is -0.140. The number of rotatable bonds is 4. The summed E-state index contributed by atoms with van der Waals surface area (Å²) in [6.45, 7) is 1.54. The zero-order valence-electron chi connectivity index (χ0n) is 15.9. The van der Waals surface area contributed by atoms with Crippen molar-refractivity contribution in [3.8, 4) is 0 Å². The Balaban J connectivity index is 1.87. The monoisotopic (exact) mass is 409 g/mol. The van der Waals surface area contributed by atoms with Gasteiger partial charge in [0.05, 0.1) is 24.4 Å². The number of hydrogen-bond acceptors (Lipinski definition) is 4. The molecule has 0 saturated carbocycles. The third-order valence-electron chi connectivity index (χ3n) is 5.08. The molecule has 0 spiro atoms. The largest absolute Gasteiger partial charge is 0.507 e. The van der Waals surface area contributed by atoms with Gasteiger partial charge in [-0.1, -0.05) is 24.3 Å². The van der Waals surface area contributed by atoms with Gasteiger partial charge in [0.2, 0.25) is 0 Å². The van der Waals surface area contributed by atoms with E-state index in [2.05, 4.69) is 0 Å². The van der Waals surface area contributed by atoms with Crippen LogP contribution in [0.5, 0.6) is 0 Å². The van der Waals surface area contributed by atoms with Gasteiger partial charge < -0.3 is 14.4 Å².